The van der Waals surface area contributed by atoms with Gasteiger partial charge < -0.3 is 11.1 Å². The molecule has 1 heterocycles. The molecular weight excluding hydrogens is 244 g/mol. The number of thiophene rings is 1. The number of hydrogen-bond acceptors (Lipinski definition) is 3. The van der Waals surface area contributed by atoms with Crippen LogP contribution >= 0.6 is 23.7 Å². The fourth-order valence-corrected chi connectivity index (χ4v) is 2.07. The van der Waals surface area contributed by atoms with Crippen molar-refractivity contribution in [3.05, 3.63) is 21.4 Å². The molecule has 0 saturated carbocycles. The molecule has 0 spiro atoms. The highest BCUT2D eigenvalue weighted by molar-refractivity contribution is 7.14. The molecule has 1 aromatic rings. The summed E-state index contributed by atoms with van der Waals surface area (Å²) in [5, 5.41) is 2.88. The van der Waals surface area contributed by atoms with Crippen molar-refractivity contribution in [3.63, 3.8) is 0 Å². The molecule has 0 aliphatic rings. The van der Waals surface area contributed by atoms with Crippen LogP contribution < -0.4 is 11.1 Å². The van der Waals surface area contributed by atoms with E-state index >= 15 is 0 Å². The smallest absolute Gasteiger partial charge is 0.261 e. The Hall–Kier alpha value is -0.580. The van der Waals surface area contributed by atoms with E-state index in [2.05, 4.69) is 5.32 Å². The minimum Gasteiger partial charge on any atom is -0.351 e. The largest absolute Gasteiger partial charge is 0.351 e. The molecule has 0 fully saturated rings. The van der Waals surface area contributed by atoms with Gasteiger partial charge in [0.15, 0.2) is 0 Å². The molecule has 0 aliphatic carbocycles. The van der Waals surface area contributed by atoms with Crippen molar-refractivity contribution in [2.75, 3.05) is 13.1 Å². The lowest BCUT2D eigenvalue weighted by atomic mass is 10.2. The van der Waals surface area contributed by atoms with Gasteiger partial charge >= 0.3 is 0 Å². The first-order valence-corrected chi connectivity index (χ1v) is 5.91. The summed E-state index contributed by atoms with van der Waals surface area (Å²) in [5.41, 5.74) is 6.65. The van der Waals surface area contributed by atoms with Gasteiger partial charge in [0.1, 0.15) is 0 Å². The van der Waals surface area contributed by atoms with E-state index in [4.69, 9.17) is 5.73 Å². The van der Waals surface area contributed by atoms with Gasteiger partial charge in [-0.25, -0.2) is 0 Å². The van der Waals surface area contributed by atoms with Crippen molar-refractivity contribution in [1.29, 1.82) is 0 Å². The first kappa shape index (κ1) is 15.4. The Balaban J connectivity index is 0.00000225. The Morgan fingerprint density at radius 1 is 1.56 bits per heavy atom. The summed E-state index contributed by atoms with van der Waals surface area (Å²) in [7, 11) is 0. The SMILES string of the molecule is Cc1cc(C(=O)NCC(C)CN)sc1C.Cl. The van der Waals surface area contributed by atoms with E-state index in [-0.39, 0.29) is 18.3 Å². The van der Waals surface area contributed by atoms with Crippen LogP contribution in [-0.4, -0.2) is 19.0 Å². The van der Waals surface area contributed by atoms with Crippen LogP contribution in [0.15, 0.2) is 6.07 Å². The van der Waals surface area contributed by atoms with Gasteiger partial charge in [-0.1, -0.05) is 6.92 Å². The second-order valence-corrected chi connectivity index (χ2v) is 5.16. The quantitative estimate of drug-likeness (QED) is 0.873. The van der Waals surface area contributed by atoms with Gasteiger partial charge in [-0.05, 0) is 37.9 Å². The van der Waals surface area contributed by atoms with E-state index in [1.165, 1.54) is 21.8 Å². The average molecular weight is 263 g/mol. The zero-order chi connectivity index (χ0) is 11.4. The molecule has 1 rings (SSSR count). The Morgan fingerprint density at radius 2 is 2.19 bits per heavy atom. The van der Waals surface area contributed by atoms with Gasteiger partial charge in [0.2, 0.25) is 0 Å². The van der Waals surface area contributed by atoms with E-state index in [0.29, 0.717) is 19.0 Å². The molecule has 0 bridgehead atoms. The zero-order valence-corrected chi connectivity index (χ0v) is 11.5. The fraction of sp³-hybridized carbons (Fsp3) is 0.545. The maximum absolute atomic E-state index is 11.7. The molecule has 1 unspecified atom stereocenters. The second-order valence-electron chi connectivity index (χ2n) is 3.90. The van der Waals surface area contributed by atoms with E-state index < -0.39 is 0 Å². The van der Waals surface area contributed by atoms with E-state index in [1.807, 2.05) is 26.8 Å². The van der Waals surface area contributed by atoms with E-state index in [1.54, 1.807) is 0 Å². The number of hydrogen-bond donors (Lipinski definition) is 2. The minimum atomic E-state index is 0. The Labute approximate surface area is 107 Å². The number of amides is 1. The van der Waals surface area contributed by atoms with Gasteiger partial charge in [-0.15, -0.1) is 23.7 Å². The number of nitrogens with one attached hydrogen (secondary N) is 1. The number of aryl methyl sites for hydroxylation is 2. The molecule has 92 valence electrons. The third kappa shape index (κ3) is 4.12. The van der Waals surface area contributed by atoms with Crippen LogP contribution in [0.3, 0.4) is 0 Å². The molecule has 0 aliphatic heterocycles. The van der Waals surface area contributed by atoms with Gasteiger partial charge in [0.05, 0.1) is 4.88 Å². The molecular formula is C11H19ClN2OS. The lowest BCUT2D eigenvalue weighted by Crippen LogP contribution is -2.30. The molecule has 1 aromatic heterocycles. The fourth-order valence-electron chi connectivity index (χ4n) is 1.12. The Kier molecular flexibility index (Phi) is 6.64. The lowest BCUT2D eigenvalue weighted by molar-refractivity contribution is 0.0952. The normalized spacial score (nSPS) is 11.8. The summed E-state index contributed by atoms with van der Waals surface area (Å²) in [4.78, 5) is 13.7. The number of carbonyl (C=O) groups excluding carboxylic acids is 1. The summed E-state index contributed by atoms with van der Waals surface area (Å²) in [6.45, 7) is 7.31. The van der Waals surface area contributed by atoms with Gasteiger partial charge in [0.25, 0.3) is 5.91 Å². The summed E-state index contributed by atoms with van der Waals surface area (Å²) in [6.07, 6.45) is 0. The highest BCUT2D eigenvalue weighted by atomic mass is 35.5. The van der Waals surface area contributed by atoms with Crippen LogP contribution in [-0.2, 0) is 0 Å². The molecule has 3 N–H and O–H groups in total. The minimum absolute atomic E-state index is 0. The summed E-state index contributed by atoms with van der Waals surface area (Å²) in [5.74, 6) is 0.340. The van der Waals surface area contributed by atoms with Crippen molar-refractivity contribution in [3.8, 4) is 0 Å². The Morgan fingerprint density at radius 3 is 2.62 bits per heavy atom. The molecule has 0 radical (unpaired) electrons. The zero-order valence-electron chi connectivity index (χ0n) is 9.87. The van der Waals surface area contributed by atoms with Crippen molar-refractivity contribution in [1.82, 2.24) is 5.32 Å². The average Bonchev–Trinajstić information content (AvgIpc) is 2.55. The number of carbonyl (C=O) groups is 1. The molecule has 0 saturated heterocycles. The van der Waals surface area contributed by atoms with Crippen LogP contribution in [0.25, 0.3) is 0 Å². The highest BCUT2D eigenvalue weighted by Gasteiger charge is 2.10. The predicted octanol–water partition coefficient (Wildman–Crippen LogP) is 2.11. The standard InChI is InChI=1S/C11H18N2OS.ClH/c1-7(5-12)6-13-11(14)10-4-8(2)9(3)15-10;/h4,7H,5-6,12H2,1-3H3,(H,13,14);1H. The predicted molar refractivity (Wildman–Crippen MR) is 71.6 cm³/mol. The number of halogens is 1. The topological polar surface area (TPSA) is 55.1 Å². The van der Waals surface area contributed by atoms with Crippen molar-refractivity contribution in [2.24, 2.45) is 11.7 Å². The van der Waals surface area contributed by atoms with Crippen LogP contribution in [0.1, 0.15) is 27.0 Å². The lowest BCUT2D eigenvalue weighted by Gasteiger charge is -2.08. The Bertz CT molecular complexity index is 332. The summed E-state index contributed by atoms with van der Waals surface area (Å²) in [6, 6.07) is 1.93. The summed E-state index contributed by atoms with van der Waals surface area (Å²) >= 11 is 1.54. The number of rotatable bonds is 4. The summed E-state index contributed by atoms with van der Waals surface area (Å²) < 4.78 is 0. The molecule has 16 heavy (non-hydrogen) atoms. The van der Waals surface area contributed by atoms with Crippen LogP contribution in [0.5, 0.6) is 0 Å². The molecule has 5 heteroatoms. The van der Waals surface area contributed by atoms with Crippen LogP contribution in [0.2, 0.25) is 0 Å². The monoisotopic (exact) mass is 262 g/mol. The van der Waals surface area contributed by atoms with Crippen LogP contribution in [0, 0.1) is 19.8 Å². The third-order valence-corrected chi connectivity index (χ3v) is 3.55. The van der Waals surface area contributed by atoms with Crippen LogP contribution in [0.4, 0.5) is 0 Å². The van der Waals surface area contributed by atoms with E-state index in [9.17, 15) is 4.79 Å². The maximum Gasteiger partial charge on any atom is 0.261 e. The van der Waals surface area contributed by atoms with Gasteiger partial charge in [-0.3, -0.25) is 4.79 Å². The second kappa shape index (κ2) is 6.89. The van der Waals surface area contributed by atoms with E-state index in [0.717, 1.165) is 4.88 Å². The van der Waals surface area contributed by atoms with Gasteiger partial charge in [0, 0.05) is 11.4 Å². The highest BCUT2D eigenvalue weighted by Crippen LogP contribution is 2.20. The molecule has 1 atom stereocenters. The molecule has 0 aromatic carbocycles. The van der Waals surface area contributed by atoms with Crippen molar-refractivity contribution < 1.29 is 4.79 Å². The number of nitrogens with two attached hydrogens (primary N) is 1. The van der Waals surface area contributed by atoms with Gasteiger partial charge in [-0.2, -0.15) is 0 Å². The maximum atomic E-state index is 11.7. The molecule has 1 amide bonds. The third-order valence-electron chi connectivity index (χ3n) is 2.40. The first-order chi connectivity index (χ1) is 7.04. The van der Waals surface area contributed by atoms with Crippen molar-refractivity contribution >= 4 is 29.7 Å². The van der Waals surface area contributed by atoms with Crippen molar-refractivity contribution in [2.45, 2.75) is 20.8 Å². The first-order valence-electron chi connectivity index (χ1n) is 5.10. The molecule has 3 nitrogen and oxygen atoms in total.